The highest BCUT2D eigenvalue weighted by Crippen LogP contribution is 2.33. The SMILES string of the molecule is O=C(CN(c1cccc(C(F)(F)F)c1)S(=O)(=O)c1ccccc1)NC[C@H]1COc2ccccc2O1. The molecule has 1 atom stereocenters. The molecule has 0 fully saturated rings. The van der Waals surface area contributed by atoms with Crippen molar-refractivity contribution in [2.75, 3.05) is 24.0 Å². The van der Waals surface area contributed by atoms with E-state index in [0.29, 0.717) is 21.9 Å². The van der Waals surface area contributed by atoms with Crippen molar-refractivity contribution in [3.05, 3.63) is 84.4 Å². The monoisotopic (exact) mass is 506 g/mol. The molecular weight excluding hydrogens is 485 g/mol. The molecule has 1 amide bonds. The van der Waals surface area contributed by atoms with Gasteiger partial charge in [-0.1, -0.05) is 36.4 Å². The molecule has 0 spiro atoms. The lowest BCUT2D eigenvalue weighted by Crippen LogP contribution is -2.45. The van der Waals surface area contributed by atoms with Crippen LogP contribution in [0.3, 0.4) is 0 Å². The molecule has 11 heteroatoms. The van der Waals surface area contributed by atoms with Crippen LogP contribution in [0.25, 0.3) is 0 Å². The minimum atomic E-state index is -4.69. The van der Waals surface area contributed by atoms with E-state index in [4.69, 9.17) is 9.47 Å². The van der Waals surface area contributed by atoms with Crippen LogP contribution in [0.15, 0.2) is 83.8 Å². The molecule has 0 aromatic heterocycles. The van der Waals surface area contributed by atoms with Crippen molar-refractivity contribution in [2.24, 2.45) is 0 Å². The van der Waals surface area contributed by atoms with Crippen molar-refractivity contribution in [2.45, 2.75) is 17.2 Å². The first-order valence-corrected chi connectivity index (χ1v) is 12.0. The predicted octanol–water partition coefficient (Wildman–Crippen LogP) is 3.86. The number of ether oxygens (including phenoxy) is 2. The number of carbonyl (C=O) groups excluding carboxylic acids is 1. The molecular formula is C24H21F3N2O5S. The third kappa shape index (κ3) is 5.68. The van der Waals surface area contributed by atoms with Crippen LogP contribution in [0.4, 0.5) is 18.9 Å². The van der Waals surface area contributed by atoms with Gasteiger partial charge in [-0.15, -0.1) is 0 Å². The highest BCUT2D eigenvalue weighted by atomic mass is 32.2. The summed E-state index contributed by atoms with van der Waals surface area (Å²) in [5.74, 6) is 0.361. The van der Waals surface area contributed by atoms with Crippen LogP contribution in [0.1, 0.15) is 5.56 Å². The fourth-order valence-electron chi connectivity index (χ4n) is 3.45. The summed E-state index contributed by atoms with van der Waals surface area (Å²) in [5, 5.41) is 2.58. The summed E-state index contributed by atoms with van der Waals surface area (Å²) in [7, 11) is -4.35. The average molecular weight is 507 g/mol. The number of nitrogens with one attached hydrogen (secondary N) is 1. The molecule has 3 aromatic carbocycles. The number of sulfonamides is 1. The first-order chi connectivity index (χ1) is 16.6. The van der Waals surface area contributed by atoms with Crippen LogP contribution >= 0.6 is 0 Å². The minimum Gasteiger partial charge on any atom is -0.486 e. The van der Waals surface area contributed by atoms with Crippen LogP contribution in [0.5, 0.6) is 11.5 Å². The van der Waals surface area contributed by atoms with E-state index in [9.17, 15) is 26.4 Å². The standard InChI is InChI=1S/C24H21F3N2O5S/c25-24(26,27)17-7-6-8-18(13-17)29(35(31,32)20-9-2-1-3-10-20)15-23(30)28-14-19-16-33-21-11-4-5-12-22(21)34-19/h1-13,19H,14-16H2,(H,28,30)/t19-/m0/s1. The fraction of sp³-hybridized carbons (Fsp3) is 0.208. The third-order valence-electron chi connectivity index (χ3n) is 5.17. The highest BCUT2D eigenvalue weighted by Gasteiger charge is 2.33. The van der Waals surface area contributed by atoms with Gasteiger partial charge in [-0.25, -0.2) is 8.42 Å². The highest BCUT2D eigenvalue weighted by molar-refractivity contribution is 7.92. The van der Waals surface area contributed by atoms with Gasteiger partial charge in [-0.05, 0) is 42.5 Å². The van der Waals surface area contributed by atoms with Gasteiger partial charge in [-0.3, -0.25) is 9.10 Å². The normalized spacial score (nSPS) is 15.3. The van der Waals surface area contributed by atoms with E-state index in [1.165, 1.54) is 30.3 Å². The number of hydrogen-bond acceptors (Lipinski definition) is 5. The second-order valence-electron chi connectivity index (χ2n) is 7.67. The second kappa shape index (κ2) is 9.87. The Morgan fingerprint density at radius 3 is 2.37 bits per heavy atom. The number of nitrogens with zero attached hydrogens (tertiary/aromatic N) is 1. The molecule has 1 aliphatic heterocycles. The smallest absolute Gasteiger partial charge is 0.416 e. The number of para-hydroxylation sites is 2. The Kier molecular flexibility index (Phi) is 6.88. The van der Waals surface area contributed by atoms with Crippen LogP contribution in [0.2, 0.25) is 0 Å². The summed E-state index contributed by atoms with van der Waals surface area (Å²) >= 11 is 0. The summed E-state index contributed by atoms with van der Waals surface area (Å²) in [6.07, 6.45) is -5.21. The zero-order valence-corrected chi connectivity index (χ0v) is 19.1. The van der Waals surface area contributed by atoms with E-state index < -0.39 is 40.3 Å². The second-order valence-corrected chi connectivity index (χ2v) is 9.54. The van der Waals surface area contributed by atoms with Gasteiger partial charge in [0, 0.05) is 0 Å². The molecule has 0 saturated heterocycles. The van der Waals surface area contributed by atoms with Gasteiger partial charge < -0.3 is 14.8 Å². The Morgan fingerprint density at radius 2 is 1.66 bits per heavy atom. The van der Waals surface area contributed by atoms with Gasteiger partial charge in [-0.2, -0.15) is 13.2 Å². The molecule has 1 aliphatic rings. The van der Waals surface area contributed by atoms with Crippen molar-refractivity contribution in [1.82, 2.24) is 5.32 Å². The van der Waals surface area contributed by atoms with Crippen LogP contribution in [0, 0.1) is 0 Å². The molecule has 4 rings (SSSR count). The van der Waals surface area contributed by atoms with Crippen LogP contribution < -0.4 is 19.1 Å². The molecule has 3 aromatic rings. The summed E-state index contributed by atoms with van der Waals surface area (Å²) in [6.45, 7) is -0.561. The number of amides is 1. The maximum atomic E-state index is 13.3. The van der Waals surface area contributed by atoms with Crippen molar-refractivity contribution in [1.29, 1.82) is 0 Å². The largest absolute Gasteiger partial charge is 0.486 e. The van der Waals surface area contributed by atoms with Crippen LogP contribution in [-0.2, 0) is 21.0 Å². The maximum absolute atomic E-state index is 13.3. The Bertz CT molecular complexity index is 1300. The van der Waals surface area contributed by atoms with E-state index in [2.05, 4.69) is 5.32 Å². The number of anilines is 1. The lowest BCUT2D eigenvalue weighted by atomic mass is 10.2. The molecule has 7 nitrogen and oxygen atoms in total. The number of hydrogen-bond donors (Lipinski definition) is 1. The van der Waals surface area contributed by atoms with Crippen molar-refractivity contribution < 1.29 is 35.9 Å². The van der Waals surface area contributed by atoms with Gasteiger partial charge >= 0.3 is 6.18 Å². The van der Waals surface area contributed by atoms with E-state index in [1.807, 2.05) is 0 Å². The molecule has 0 unspecified atom stereocenters. The van der Waals surface area contributed by atoms with Gasteiger partial charge in [0.05, 0.1) is 22.7 Å². The van der Waals surface area contributed by atoms with E-state index in [1.54, 1.807) is 30.3 Å². The molecule has 1 heterocycles. The minimum absolute atomic E-state index is 0.00891. The van der Waals surface area contributed by atoms with Crippen molar-refractivity contribution in [3.8, 4) is 11.5 Å². The molecule has 0 bridgehead atoms. The number of carbonyl (C=O) groups is 1. The van der Waals surface area contributed by atoms with Crippen molar-refractivity contribution >= 4 is 21.6 Å². The Labute approximate surface area is 200 Å². The van der Waals surface area contributed by atoms with Crippen LogP contribution in [-0.4, -0.2) is 40.1 Å². The Morgan fingerprint density at radius 1 is 0.971 bits per heavy atom. The number of benzene rings is 3. The van der Waals surface area contributed by atoms with E-state index >= 15 is 0 Å². The first kappa shape index (κ1) is 24.4. The lowest BCUT2D eigenvalue weighted by Gasteiger charge is -2.27. The number of fused-ring (bicyclic) bond motifs is 1. The van der Waals surface area contributed by atoms with Crippen molar-refractivity contribution in [3.63, 3.8) is 0 Å². The van der Waals surface area contributed by atoms with Gasteiger partial charge in [0.2, 0.25) is 5.91 Å². The number of rotatable bonds is 7. The van der Waals surface area contributed by atoms with E-state index in [-0.39, 0.29) is 23.7 Å². The molecule has 0 aliphatic carbocycles. The maximum Gasteiger partial charge on any atom is 0.416 e. The predicted molar refractivity (Wildman–Crippen MR) is 122 cm³/mol. The Balaban J connectivity index is 1.54. The number of halogens is 3. The molecule has 0 radical (unpaired) electrons. The average Bonchev–Trinajstić information content (AvgIpc) is 2.86. The van der Waals surface area contributed by atoms with Gasteiger partial charge in [0.25, 0.3) is 10.0 Å². The zero-order valence-electron chi connectivity index (χ0n) is 18.2. The summed E-state index contributed by atoms with van der Waals surface area (Å²) in [6, 6.07) is 18.0. The lowest BCUT2D eigenvalue weighted by molar-refractivity contribution is -0.137. The molecule has 35 heavy (non-hydrogen) atoms. The van der Waals surface area contributed by atoms with Gasteiger partial charge in [0.15, 0.2) is 11.5 Å². The van der Waals surface area contributed by atoms with Gasteiger partial charge in [0.1, 0.15) is 19.3 Å². The fourth-order valence-corrected chi connectivity index (χ4v) is 4.88. The molecule has 1 N–H and O–H groups in total. The molecule has 0 saturated carbocycles. The summed E-state index contributed by atoms with van der Waals surface area (Å²) in [4.78, 5) is 12.6. The zero-order chi connectivity index (χ0) is 25.1. The van der Waals surface area contributed by atoms with E-state index in [0.717, 1.165) is 12.1 Å². The topological polar surface area (TPSA) is 84.9 Å². The third-order valence-corrected chi connectivity index (χ3v) is 6.96. The Hall–Kier alpha value is -3.73. The summed E-state index contributed by atoms with van der Waals surface area (Å²) in [5.41, 5.74) is -1.32. The molecule has 184 valence electrons. The first-order valence-electron chi connectivity index (χ1n) is 10.5. The number of alkyl halides is 3. The summed E-state index contributed by atoms with van der Waals surface area (Å²) < 4.78 is 78.4. The quantitative estimate of drug-likeness (QED) is 0.526.